The Labute approximate surface area is 219 Å². The number of carbonyl (C=O) groups excluding carboxylic acids is 1. The van der Waals surface area contributed by atoms with Crippen LogP contribution in [0.5, 0.6) is 0 Å². The third kappa shape index (κ3) is 16.1. The topological polar surface area (TPSA) is 122 Å². The van der Waals surface area contributed by atoms with Crippen LogP contribution in [0, 0.1) is 32.8 Å². The average Bonchev–Trinajstić information content (AvgIpc) is 2.88. The molecule has 10 heteroatoms. The fourth-order valence-electron chi connectivity index (χ4n) is 2.88. The molecule has 0 aromatic heterocycles. The first-order chi connectivity index (χ1) is 16.5. The van der Waals surface area contributed by atoms with E-state index in [1.165, 1.54) is 7.11 Å². The van der Waals surface area contributed by atoms with Gasteiger partial charge in [0.05, 0.1) is 30.4 Å². The molecule has 0 saturated heterocycles. The van der Waals surface area contributed by atoms with Crippen molar-refractivity contribution in [2.75, 3.05) is 21.0 Å². The summed E-state index contributed by atoms with van der Waals surface area (Å²) in [5, 5.41) is 1.67. The summed E-state index contributed by atoms with van der Waals surface area (Å²) >= 11 is 0. The van der Waals surface area contributed by atoms with Gasteiger partial charge in [0.15, 0.2) is 0 Å². The van der Waals surface area contributed by atoms with E-state index in [1.807, 2.05) is 49.4 Å². The molecule has 1 aliphatic rings. The maximum absolute atomic E-state index is 12.6. The minimum atomic E-state index is -1.27. The normalized spacial score (nSPS) is 19.4. The zero-order valence-electron chi connectivity index (χ0n) is 19.7. The van der Waals surface area contributed by atoms with Gasteiger partial charge in [0.2, 0.25) is 0 Å². The number of esters is 1. The van der Waals surface area contributed by atoms with Gasteiger partial charge in [0.25, 0.3) is 0 Å². The molecular formula is C25H28FeO8S. The van der Waals surface area contributed by atoms with Crippen molar-refractivity contribution < 1.29 is 54.2 Å². The molecule has 8 nitrogen and oxygen atoms in total. The number of aryl methyl sites for hydroxylation is 1. The predicted octanol–water partition coefficient (Wildman–Crippen LogP) is 3.95. The summed E-state index contributed by atoms with van der Waals surface area (Å²) in [4.78, 5) is 12.5. The molecule has 0 aliphatic heterocycles. The summed E-state index contributed by atoms with van der Waals surface area (Å²) in [6.07, 6.45) is 9.43. The van der Waals surface area contributed by atoms with Gasteiger partial charge >= 0.3 is 39.9 Å². The Kier molecular flexibility index (Phi) is 26.4. The predicted molar refractivity (Wildman–Crippen MR) is 122 cm³/mol. The number of hydrogen-bond acceptors (Lipinski definition) is 5. The Bertz CT molecular complexity index is 871. The second-order valence-corrected chi connectivity index (χ2v) is 7.96. The fourth-order valence-corrected chi connectivity index (χ4v) is 3.72. The quantitative estimate of drug-likeness (QED) is 0.123. The smallest absolute Gasteiger partial charge is 0 e. The molecule has 0 N–H and O–H groups in total. The van der Waals surface area contributed by atoms with E-state index in [0.717, 1.165) is 22.5 Å². The zero-order chi connectivity index (χ0) is 26.4. The summed E-state index contributed by atoms with van der Waals surface area (Å²) in [5.74, 6) is -0.263. The van der Waals surface area contributed by atoms with Crippen molar-refractivity contribution in [3.8, 4) is 0 Å². The third-order valence-electron chi connectivity index (χ3n) is 4.44. The second kappa shape index (κ2) is 24.8. The SMILES string of the molecule is COCO[C@@H]1C/C=C\C[C@H](CC(=O)OC)/C=C1/C=C\[S@@](=O)c1ccc(C)cc1.[C-]#[O+].[C-]#[O+].[C-]#[O+].[Fe]. The van der Waals surface area contributed by atoms with Crippen LogP contribution in [-0.4, -0.2) is 37.3 Å². The van der Waals surface area contributed by atoms with Crippen molar-refractivity contribution in [2.24, 2.45) is 5.92 Å². The molecule has 0 bridgehead atoms. The number of hydrogen-bond donors (Lipinski definition) is 0. The van der Waals surface area contributed by atoms with E-state index in [1.54, 1.807) is 12.5 Å². The molecule has 0 saturated carbocycles. The molecule has 2 rings (SSSR count). The number of carbonyl (C=O) groups is 1. The molecule has 35 heavy (non-hydrogen) atoms. The molecule has 3 atom stereocenters. The Hall–Kier alpha value is -2.28. The Morgan fingerprint density at radius 2 is 1.63 bits per heavy atom. The molecule has 1 aliphatic carbocycles. The van der Waals surface area contributed by atoms with Gasteiger partial charge in [-0.2, -0.15) is 0 Å². The molecule has 0 spiro atoms. The van der Waals surface area contributed by atoms with E-state index < -0.39 is 10.8 Å². The average molecular weight is 544 g/mol. The second-order valence-electron chi connectivity index (χ2n) is 6.62. The Balaban J connectivity index is -0.00000135. The zero-order valence-corrected chi connectivity index (χ0v) is 21.6. The van der Waals surface area contributed by atoms with Crippen molar-refractivity contribution in [3.63, 3.8) is 0 Å². The van der Waals surface area contributed by atoms with Gasteiger partial charge in [0.1, 0.15) is 6.79 Å². The van der Waals surface area contributed by atoms with Crippen molar-refractivity contribution in [3.05, 3.63) is 85.1 Å². The molecule has 0 radical (unpaired) electrons. The van der Waals surface area contributed by atoms with Crippen molar-refractivity contribution >= 4 is 16.8 Å². The number of rotatable bonds is 8. The number of methoxy groups -OCH3 is 2. The van der Waals surface area contributed by atoms with Crippen LogP contribution >= 0.6 is 0 Å². The first-order valence-electron chi connectivity index (χ1n) is 9.84. The molecule has 0 fully saturated rings. The van der Waals surface area contributed by atoms with Gasteiger partial charge in [-0.15, -0.1) is 0 Å². The molecule has 0 unspecified atom stereocenters. The summed E-state index contributed by atoms with van der Waals surface area (Å²) < 4.78 is 50.8. The first kappa shape index (κ1) is 37.3. The van der Waals surface area contributed by atoms with Crippen LogP contribution in [0.25, 0.3) is 0 Å². The maximum Gasteiger partial charge on any atom is 0 e. The number of allylic oxidation sites excluding steroid dienone is 2. The van der Waals surface area contributed by atoms with Gasteiger partial charge in [-0.3, -0.25) is 4.79 Å². The van der Waals surface area contributed by atoms with E-state index in [4.69, 9.17) is 28.2 Å². The van der Waals surface area contributed by atoms with Gasteiger partial charge in [-0.05, 0) is 49.5 Å². The van der Waals surface area contributed by atoms with Crippen molar-refractivity contribution in [1.29, 1.82) is 0 Å². The van der Waals surface area contributed by atoms with E-state index in [-0.39, 0.29) is 48.3 Å². The summed E-state index contributed by atoms with van der Waals surface area (Å²) in [6, 6.07) is 7.61. The number of ether oxygens (including phenoxy) is 3. The summed E-state index contributed by atoms with van der Waals surface area (Å²) in [7, 11) is 1.70. The van der Waals surface area contributed by atoms with Gasteiger partial charge in [0, 0.05) is 34.5 Å². The molecule has 0 amide bonds. The van der Waals surface area contributed by atoms with Crippen LogP contribution < -0.4 is 0 Å². The fraction of sp³-hybridized carbons (Fsp3) is 0.360. The van der Waals surface area contributed by atoms with Gasteiger partial charge in [-0.25, -0.2) is 4.21 Å². The molecule has 0 heterocycles. The summed E-state index contributed by atoms with van der Waals surface area (Å²) in [6.45, 7) is 15.7. The Morgan fingerprint density at radius 1 is 1.06 bits per heavy atom. The van der Waals surface area contributed by atoms with Crippen LogP contribution in [0.2, 0.25) is 0 Å². The number of benzene rings is 1. The molecular weight excluding hydrogens is 516 g/mol. The largest absolute Gasteiger partial charge is 0 e. The maximum atomic E-state index is 12.6. The third-order valence-corrected chi connectivity index (χ3v) is 5.56. The van der Waals surface area contributed by atoms with Crippen LogP contribution in [0.4, 0.5) is 0 Å². The van der Waals surface area contributed by atoms with E-state index in [9.17, 15) is 9.00 Å². The van der Waals surface area contributed by atoms with Gasteiger partial charge < -0.3 is 14.2 Å². The van der Waals surface area contributed by atoms with Crippen molar-refractivity contribution in [2.45, 2.75) is 37.2 Å². The molecule has 190 valence electrons. The Morgan fingerprint density at radius 3 is 2.17 bits per heavy atom. The van der Waals surface area contributed by atoms with E-state index in [2.05, 4.69) is 26.0 Å². The standard InChI is InChI=1S/C22H28O5S.3CO.Fe/c1-17-8-10-20(11-9-17)28(24)13-12-19-14-18(15-22(23)26-3)6-4-5-7-21(19)27-16-25-2;3*1-2;/h4-5,8-14,18,21H,6-7,15-16H2,1-3H3;;;;/b5-4-,13-12-,19-14-;;;;/t18-,21+,28+;;;;/m0..../s1. The van der Waals surface area contributed by atoms with Crippen LogP contribution in [0.3, 0.4) is 0 Å². The molecule has 1 aromatic carbocycles. The minimum Gasteiger partial charge on any atom is 0 e. The monoisotopic (exact) mass is 544 g/mol. The van der Waals surface area contributed by atoms with Crippen LogP contribution in [0.15, 0.2) is 64.4 Å². The molecule has 1 aromatic rings. The van der Waals surface area contributed by atoms with E-state index in [0.29, 0.717) is 6.42 Å². The van der Waals surface area contributed by atoms with Crippen LogP contribution in [-0.2, 0) is 60.8 Å². The van der Waals surface area contributed by atoms with E-state index >= 15 is 0 Å². The van der Waals surface area contributed by atoms with Crippen molar-refractivity contribution in [1.82, 2.24) is 0 Å². The van der Waals surface area contributed by atoms with Crippen LogP contribution in [0.1, 0.15) is 24.8 Å². The minimum absolute atomic E-state index is 0. The summed E-state index contributed by atoms with van der Waals surface area (Å²) in [5.41, 5.74) is 2.01. The van der Waals surface area contributed by atoms with Gasteiger partial charge in [-0.1, -0.05) is 35.9 Å². The first-order valence-corrected chi connectivity index (χ1v) is 11.1.